The molecule has 2 heterocycles. The Kier molecular flexibility index (Phi) is 5.09. The van der Waals surface area contributed by atoms with Gasteiger partial charge in [0.05, 0.1) is 0 Å². The van der Waals surface area contributed by atoms with Crippen LogP contribution in [0.2, 0.25) is 0 Å². The summed E-state index contributed by atoms with van der Waals surface area (Å²) in [5.41, 5.74) is 4.43. The van der Waals surface area contributed by atoms with E-state index in [1.54, 1.807) is 21.9 Å². The van der Waals surface area contributed by atoms with Crippen LogP contribution in [0.3, 0.4) is 0 Å². The second kappa shape index (κ2) is 7.70. The van der Waals surface area contributed by atoms with Crippen LogP contribution in [0.25, 0.3) is 0 Å². The van der Waals surface area contributed by atoms with Crippen LogP contribution in [0.5, 0.6) is 0 Å². The van der Waals surface area contributed by atoms with E-state index in [9.17, 15) is 14.4 Å². The molecular weight excluding hydrogens is 366 g/mol. The predicted molar refractivity (Wildman–Crippen MR) is 110 cm³/mol. The first-order valence-corrected chi connectivity index (χ1v) is 9.99. The first kappa shape index (κ1) is 19.2. The predicted octanol–water partition coefficient (Wildman–Crippen LogP) is 2.89. The van der Waals surface area contributed by atoms with Crippen molar-refractivity contribution in [2.24, 2.45) is 0 Å². The number of fused-ring (bicyclic) bond motifs is 1. The zero-order valence-corrected chi connectivity index (χ0v) is 16.8. The van der Waals surface area contributed by atoms with E-state index in [2.05, 4.69) is 5.32 Å². The number of carbonyl (C=O) groups excluding carboxylic acids is 3. The zero-order chi connectivity index (χ0) is 20.5. The molecule has 0 unspecified atom stereocenters. The van der Waals surface area contributed by atoms with Crippen LogP contribution >= 0.6 is 0 Å². The quantitative estimate of drug-likeness (QED) is 0.871. The maximum atomic E-state index is 12.7. The van der Waals surface area contributed by atoms with Crippen molar-refractivity contribution in [1.82, 2.24) is 9.80 Å². The fraction of sp³-hybridized carbons (Fsp3) is 0.348. The SMILES string of the molecule is Cc1cccc(NC(=O)c2ccc(CN3CC(=O)N4CCC[C@H]4C3=O)cc2)c1C. The standard InChI is InChI=1S/C23H25N3O3/c1-15-5-3-6-19(16(15)2)24-22(28)18-10-8-17(9-11-18)13-25-14-21(27)26-12-4-7-20(26)23(25)29/h3,5-6,8-11,20H,4,7,12-14H2,1-2H3,(H,24,28)/t20-/m0/s1. The number of piperazine rings is 1. The Bertz CT molecular complexity index is 968. The van der Waals surface area contributed by atoms with Crippen molar-refractivity contribution in [1.29, 1.82) is 0 Å². The largest absolute Gasteiger partial charge is 0.329 e. The summed E-state index contributed by atoms with van der Waals surface area (Å²) in [6.45, 7) is 5.19. The molecule has 0 aliphatic carbocycles. The van der Waals surface area contributed by atoms with Crippen molar-refractivity contribution in [2.45, 2.75) is 39.3 Å². The van der Waals surface area contributed by atoms with Crippen LogP contribution in [-0.2, 0) is 16.1 Å². The lowest BCUT2D eigenvalue weighted by Gasteiger charge is -2.36. The average molecular weight is 391 g/mol. The van der Waals surface area contributed by atoms with Crippen LogP contribution in [0.4, 0.5) is 5.69 Å². The number of carbonyl (C=O) groups is 3. The Morgan fingerprint density at radius 1 is 1.10 bits per heavy atom. The minimum atomic E-state index is -0.293. The third kappa shape index (κ3) is 3.75. The van der Waals surface area contributed by atoms with Gasteiger partial charge in [-0.3, -0.25) is 14.4 Å². The monoisotopic (exact) mass is 391 g/mol. The number of rotatable bonds is 4. The molecule has 2 aliphatic heterocycles. The van der Waals surface area contributed by atoms with E-state index in [0.29, 0.717) is 18.7 Å². The Labute approximate surface area is 170 Å². The molecule has 4 rings (SSSR count). The number of anilines is 1. The van der Waals surface area contributed by atoms with Gasteiger partial charge in [-0.2, -0.15) is 0 Å². The highest BCUT2D eigenvalue weighted by Gasteiger charge is 2.41. The molecule has 0 radical (unpaired) electrons. The third-order valence-corrected chi connectivity index (χ3v) is 5.94. The first-order valence-electron chi connectivity index (χ1n) is 9.99. The number of hydrogen-bond acceptors (Lipinski definition) is 3. The number of nitrogens with zero attached hydrogens (tertiary/aromatic N) is 2. The van der Waals surface area contributed by atoms with E-state index < -0.39 is 0 Å². The van der Waals surface area contributed by atoms with Gasteiger partial charge in [0.1, 0.15) is 12.6 Å². The second-order valence-electron chi connectivity index (χ2n) is 7.84. The van der Waals surface area contributed by atoms with Gasteiger partial charge in [0.15, 0.2) is 0 Å². The molecule has 1 atom stereocenters. The number of benzene rings is 2. The van der Waals surface area contributed by atoms with Crippen molar-refractivity contribution < 1.29 is 14.4 Å². The van der Waals surface area contributed by atoms with Crippen molar-refractivity contribution in [3.8, 4) is 0 Å². The van der Waals surface area contributed by atoms with Gasteiger partial charge in [-0.05, 0) is 61.6 Å². The van der Waals surface area contributed by atoms with Crippen molar-refractivity contribution in [3.63, 3.8) is 0 Å². The van der Waals surface area contributed by atoms with Gasteiger partial charge in [0.25, 0.3) is 5.91 Å². The third-order valence-electron chi connectivity index (χ3n) is 5.94. The lowest BCUT2D eigenvalue weighted by Crippen LogP contribution is -2.56. The van der Waals surface area contributed by atoms with E-state index in [-0.39, 0.29) is 30.3 Å². The number of nitrogens with one attached hydrogen (secondary N) is 1. The highest BCUT2D eigenvalue weighted by atomic mass is 16.2. The van der Waals surface area contributed by atoms with Gasteiger partial charge >= 0.3 is 0 Å². The normalized spacial score (nSPS) is 18.8. The highest BCUT2D eigenvalue weighted by molar-refractivity contribution is 6.04. The average Bonchev–Trinajstić information content (AvgIpc) is 3.21. The first-order chi connectivity index (χ1) is 13.9. The van der Waals surface area contributed by atoms with Crippen LogP contribution < -0.4 is 5.32 Å². The Hall–Kier alpha value is -3.15. The molecule has 2 fully saturated rings. The molecule has 6 heteroatoms. The Balaban J connectivity index is 1.42. The topological polar surface area (TPSA) is 69.7 Å². The molecule has 0 bridgehead atoms. The summed E-state index contributed by atoms with van der Waals surface area (Å²) in [4.78, 5) is 40.8. The molecule has 0 spiro atoms. The van der Waals surface area contributed by atoms with E-state index in [0.717, 1.165) is 35.2 Å². The minimum absolute atomic E-state index is 0.0247. The lowest BCUT2D eigenvalue weighted by molar-refractivity contribution is -0.154. The van der Waals surface area contributed by atoms with Gasteiger partial charge in [-0.25, -0.2) is 0 Å². The van der Waals surface area contributed by atoms with Gasteiger partial charge in [0, 0.05) is 24.3 Å². The van der Waals surface area contributed by atoms with E-state index in [4.69, 9.17) is 0 Å². The Morgan fingerprint density at radius 2 is 1.86 bits per heavy atom. The van der Waals surface area contributed by atoms with Crippen molar-refractivity contribution >= 4 is 23.4 Å². The molecule has 2 aromatic rings. The van der Waals surface area contributed by atoms with E-state index in [1.807, 2.05) is 44.2 Å². The highest BCUT2D eigenvalue weighted by Crippen LogP contribution is 2.25. The minimum Gasteiger partial charge on any atom is -0.329 e. The Morgan fingerprint density at radius 3 is 2.62 bits per heavy atom. The molecule has 3 amide bonds. The number of hydrogen-bond donors (Lipinski definition) is 1. The molecule has 0 saturated carbocycles. The smallest absolute Gasteiger partial charge is 0.255 e. The van der Waals surface area contributed by atoms with Crippen LogP contribution in [0, 0.1) is 13.8 Å². The molecule has 2 aromatic carbocycles. The van der Waals surface area contributed by atoms with E-state index >= 15 is 0 Å². The van der Waals surface area contributed by atoms with Crippen molar-refractivity contribution in [2.75, 3.05) is 18.4 Å². The number of aryl methyl sites for hydroxylation is 1. The maximum absolute atomic E-state index is 12.7. The van der Waals surface area contributed by atoms with Gasteiger partial charge in [-0.1, -0.05) is 24.3 Å². The summed E-state index contributed by atoms with van der Waals surface area (Å²) in [7, 11) is 0. The molecule has 29 heavy (non-hydrogen) atoms. The van der Waals surface area contributed by atoms with Crippen molar-refractivity contribution in [3.05, 3.63) is 64.7 Å². The molecule has 2 saturated heterocycles. The van der Waals surface area contributed by atoms with Gasteiger partial charge in [0.2, 0.25) is 11.8 Å². The molecule has 2 aliphatic rings. The van der Waals surface area contributed by atoms with Gasteiger partial charge < -0.3 is 15.1 Å². The number of amides is 3. The molecule has 0 aromatic heterocycles. The molecule has 6 nitrogen and oxygen atoms in total. The van der Waals surface area contributed by atoms with Crippen LogP contribution in [0.15, 0.2) is 42.5 Å². The molecular formula is C23H25N3O3. The molecule has 150 valence electrons. The summed E-state index contributed by atoms with van der Waals surface area (Å²) >= 11 is 0. The lowest BCUT2D eigenvalue weighted by atomic mass is 10.1. The summed E-state index contributed by atoms with van der Waals surface area (Å²) in [5.74, 6) is -0.119. The van der Waals surface area contributed by atoms with Crippen LogP contribution in [-0.4, -0.2) is 46.7 Å². The summed E-state index contributed by atoms with van der Waals surface area (Å²) < 4.78 is 0. The van der Waals surface area contributed by atoms with Gasteiger partial charge in [-0.15, -0.1) is 0 Å². The second-order valence-corrected chi connectivity index (χ2v) is 7.84. The van der Waals surface area contributed by atoms with Crippen LogP contribution in [0.1, 0.15) is 39.9 Å². The summed E-state index contributed by atoms with van der Waals surface area (Å²) in [6.07, 6.45) is 1.64. The fourth-order valence-electron chi connectivity index (χ4n) is 4.06. The summed E-state index contributed by atoms with van der Waals surface area (Å²) in [5, 5.41) is 2.95. The summed E-state index contributed by atoms with van der Waals surface area (Å²) in [6, 6.07) is 12.7. The zero-order valence-electron chi connectivity index (χ0n) is 16.8. The van der Waals surface area contributed by atoms with E-state index in [1.165, 1.54) is 0 Å². The maximum Gasteiger partial charge on any atom is 0.255 e. The fourth-order valence-corrected chi connectivity index (χ4v) is 4.06. The molecule has 1 N–H and O–H groups in total.